The summed E-state index contributed by atoms with van der Waals surface area (Å²) in [4.78, 5) is 7.62. The highest BCUT2D eigenvalue weighted by molar-refractivity contribution is 5.56. The number of aromatic amines is 1. The number of aryl methyl sites for hydroxylation is 1. The molecule has 0 unspecified atom stereocenters. The Morgan fingerprint density at radius 2 is 2.35 bits per heavy atom. The standard InChI is InChI=1S/C12H11N3O2/c1-8-10(9-3-2-4-17-9)15-11(14-8)12(5-13)6-16-7-12/h2-4H,6-7H2,1H3,(H,14,15). The van der Waals surface area contributed by atoms with Crippen molar-refractivity contribution in [2.24, 2.45) is 0 Å². The van der Waals surface area contributed by atoms with Crippen LogP contribution in [0, 0.1) is 18.3 Å². The molecular formula is C12H11N3O2. The quantitative estimate of drug-likeness (QED) is 0.851. The highest BCUT2D eigenvalue weighted by Gasteiger charge is 2.44. The maximum absolute atomic E-state index is 9.21. The number of hydrogen-bond donors (Lipinski definition) is 1. The molecule has 17 heavy (non-hydrogen) atoms. The minimum atomic E-state index is -0.615. The minimum Gasteiger partial charge on any atom is -0.463 e. The van der Waals surface area contributed by atoms with Gasteiger partial charge in [0.1, 0.15) is 11.5 Å². The molecule has 0 atom stereocenters. The molecule has 5 nitrogen and oxygen atoms in total. The molecule has 5 heteroatoms. The van der Waals surface area contributed by atoms with E-state index in [0.717, 1.165) is 11.4 Å². The number of hydrogen-bond acceptors (Lipinski definition) is 4. The van der Waals surface area contributed by atoms with E-state index in [0.29, 0.717) is 24.8 Å². The molecule has 2 aromatic rings. The van der Waals surface area contributed by atoms with Crippen LogP contribution in [0.2, 0.25) is 0 Å². The Hall–Kier alpha value is -2.06. The third-order valence-corrected chi connectivity index (χ3v) is 3.00. The van der Waals surface area contributed by atoms with Crippen LogP contribution < -0.4 is 0 Å². The van der Waals surface area contributed by atoms with Crippen molar-refractivity contribution in [3.05, 3.63) is 29.9 Å². The van der Waals surface area contributed by atoms with Gasteiger partial charge in [-0.15, -0.1) is 0 Å². The van der Waals surface area contributed by atoms with E-state index < -0.39 is 5.41 Å². The highest BCUT2D eigenvalue weighted by atomic mass is 16.5. The lowest BCUT2D eigenvalue weighted by molar-refractivity contribution is -0.0335. The first-order chi connectivity index (χ1) is 8.25. The first-order valence-electron chi connectivity index (χ1n) is 5.35. The molecule has 0 bridgehead atoms. The number of rotatable bonds is 2. The zero-order chi connectivity index (χ0) is 11.9. The monoisotopic (exact) mass is 229 g/mol. The molecule has 3 heterocycles. The highest BCUT2D eigenvalue weighted by Crippen LogP contribution is 2.32. The number of furan rings is 1. The molecule has 1 N–H and O–H groups in total. The predicted molar refractivity (Wildman–Crippen MR) is 59.1 cm³/mol. The number of H-pyrrole nitrogens is 1. The molecule has 1 fully saturated rings. The Morgan fingerprint density at radius 3 is 2.88 bits per heavy atom. The second kappa shape index (κ2) is 3.47. The Balaban J connectivity index is 2.05. The van der Waals surface area contributed by atoms with Gasteiger partial charge in [-0.2, -0.15) is 5.26 Å². The third kappa shape index (κ3) is 1.38. The summed E-state index contributed by atoms with van der Waals surface area (Å²) in [6.07, 6.45) is 1.61. The summed E-state index contributed by atoms with van der Waals surface area (Å²) in [5.74, 6) is 1.37. The van der Waals surface area contributed by atoms with Gasteiger partial charge in [0.15, 0.2) is 11.2 Å². The van der Waals surface area contributed by atoms with Crippen molar-refractivity contribution < 1.29 is 9.15 Å². The molecule has 0 saturated carbocycles. The van der Waals surface area contributed by atoms with Crippen LogP contribution in [0.3, 0.4) is 0 Å². The van der Waals surface area contributed by atoms with Crippen molar-refractivity contribution in [1.29, 1.82) is 5.26 Å². The zero-order valence-electron chi connectivity index (χ0n) is 9.36. The number of nitriles is 1. The van der Waals surface area contributed by atoms with Gasteiger partial charge in [-0.3, -0.25) is 0 Å². The lowest BCUT2D eigenvalue weighted by Gasteiger charge is -2.32. The van der Waals surface area contributed by atoms with Gasteiger partial charge in [0.2, 0.25) is 0 Å². The summed E-state index contributed by atoms with van der Waals surface area (Å²) >= 11 is 0. The van der Waals surface area contributed by atoms with E-state index in [1.807, 2.05) is 19.1 Å². The van der Waals surface area contributed by atoms with E-state index >= 15 is 0 Å². The topological polar surface area (TPSA) is 74.8 Å². The summed E-state index contributed by atoms with van der Waals surface area (Å²) in [7, 11) is 0. The van der Waals surface area contributed by atoms with Crippen LogP contribution in [0.5, 0.6) is 0 Å². The smallest absolute Gasteiger partial charge is 0.161 e. The van der Waals surface area contributed by atoms with E-state index in [1.165, 1.54) is 0 Å². The maximum atomic E-state index is 9.21. The molecule has 2 aromatic heterocycles. The van der Waals surface area contributed by atoms with Crippen molar-refractivity contribution in [2.45, 2.75) is 12.3 Å². The molecule has 86 valence electrons. The summed E-state index contributed by atoms with van der Waals surface area (Å²) in [6, 6.07) is 5.93. The van der Waals surface area contributed by atoms with Crippen molar-refractivity contribution in [3.8, 4) is 17.5 Å². The first kappa shape index (κ1) is 10.1. The number of nitrogens with one attached hydrogen (secondary N) is 1. The van der Waals surface area contributed by atoms with Crippen LogP contribution in [0.15, 0.2) is 22.8 Å². The van der Waals surface area contributed by atoms with Crippen molar-refractivity contribution in [2.75, 3.05) is 13.2 Å². The summed E-state index contributed by atoms with van der Waals surface area (Å²) < 4.78 is 10.4. The summed E-state index contributed by atoms with van der Waals surface area (Å²) in [5.41, 5.74) is 1.04. The largest absolute Gasteiger partial charge is 0.463 e. The average molecular weight is 229 g/mol. The summed E-state index contributed by atoms with van der Waals surface area (Å²) in [5, 5.41) is 9.21. The fourth-order valence-corrected chi connectivity index (χ4v) is 1.90. The lowest BCUT2D eigenvalue weighted by atomic mass is 9.87. The van der Waals surface area contributed by atoms with Crippen LogP contribution in [-0.4, -0.2) is 23.2 Å². The van der Waals surface area contributed by atoms with Crippen LogP contribution in [0.1, 0.15) is 11.5 Å². The fourth-order valence-electron chi connectivity index (χ4n) is 1.90. The van der Waals surface area contributed by atoms with Crippen LogP contribution in [0.4, 0.5) is 0 Å². The molecular weight excluding hydrogens is 218 g/mol. The minimum absolute atomic E-state index is 0.397. The molecule has 1 aliphatic heterocycles. The number of ether oxygens (including phenoxy) is 1. The molecule has 3 rings (SSSR count). The van der Waals surface area contributed by atoms with Gasteiger partial charge in [-0.25, -0.2) is 4.98 Å². The first-order valence-corrected chi connectivity index (χ1v) is 5.35. The molecule has 0 aliphatic carbocycles. The Labute approximate surface area is 98.0 Å². The van der Waals surface area contributed by atoms with Crippen LogP contribution in [-0.2, 0) is 10.2 Å². The van der Waals surface area contributed by atoms with Gasteiger partial charge in [-0.05, 0) is 19.1 Å². The van der Waals surface area contributed by atoms with Gasteiger partial charge in [0, 0.05) is 5.69 Å². The zero-order valence-corrected chi connectivity index (χ0v) is 9.36. The summed E-state index contributed by atoms with van der Waals surface area (Å²) in [6.45, 7) is 2.71. The second-order valence-corrected chi connectivity index (χ2v) is 4.22. The van der Waals surface area contributed by atoms with E-state index in [9.17, 15) is 5.26 Å². The Bertz CT molecular complexity index is 573. The van der Waals surface area contributed by atoms with Crippen molar-refractivity contribution in [1.82, 2.24) is 9.97 Å². The molecule has 1 saturated heterocycles. The van der Waals surface area contributed by atoms with E-state index in [1.54, 1.807) is 6.26 Å². The lowest BCUT2D eigenvalue weighted by Crippen LogP contribution is -2.46. The molecule has 0 radical (unpaired) electrons. The third-order valence-electron chi connectivity index (χ3n) is 3.00. The molecule has 0 aromatic carbocycles. The Kier molecular flexibility index (Phi) is 2.06. The van der Waals surface area contributed by atoms with Gasteiger partial charge >= 0.3 is 0 Å². The molecule has 0 amide bonds. The maximum Gasteiger partial charge on any atom is 0.161 e. The average Bonchev–Trinajstić information content (AvgIpc) is 2.86. The number of nitrogens with zero attached hydrogens (tertiary/aromatic N) is 2. The van der Waals surface area contributed by atoms with Gasteiger partial charge < -0.3 is 14.1 Å². The van der Waals surface area contributed by atoms with E-state index in [4.69, 9.17) is 9.15 Å². The van der Waals surface area contributed by atoms with Gasteiger partial charge in [0.25, 0.3) is 0 Å². The van der Waals surface area contributed by atoms with E-state index in [-0.39, 0.29) is 0 Å². The number of imidazole rings is 1. The SMILES string of the molecule is Cc1[nH]c(C2(C#N)COC2)nc1-c1ccco1. The van der Waals surface area contributed by atoms with Crippen LogP contribution in [0.25, 0.3) is 11.5 Å². The predicted octanol–water partition coefficient (Wildman–Crippen LogP) is 1.77. The Morgan fingerprint density at radius 1 is 1.53 bits per heavy atom. The van der Waals surface area contributed by atoms with Gasteiger partial charge in [0.05, 0.1) is 25.5 Å². The second-order valence-electron chi connectivity index (χ2n) is 4.22. The fraction of sp³-hybridized carbons (Fsp3) is 0.333. The molecule has 0 spiro atoms. The van der Waals surface area contributed by atoms with E-state index in [2.05, 4.69) is 16.0 Å². The van der Waals surface area contributed by atoms with Crippen molar-refractivity contribution in [3.63, 3.8) is 0 Å². The van der Waals surface area contributed by atoms with Gasteiger partial charge in [-0.1, -0.05) is 0 Å². The van der Waals surface area contributed by atoms with Crippen molar-refractivity contribution >= 4 is 0 Å². The number of aromatic nitrogens is 2. The normalized spacial score (nSPS) is 17.4. The van der Waals surface area contributed by atoms with Crippen LogP contribution >= 0.6 is 0 Å². The molecule has 1 aliphatic rings.